The van der Waals surface area contributed by atoms with Gasteiger partial charge in [0.25, 0.3) is 0 Å². The normalized spacial score (nSPS) is 12.4. The molecule has 4 heteroatoms. The Bertz CT molecular complexity index is 394. The molecule has 1 unspecified atom stereocenters. The van der Waals surface area contributed by atoms with Gasteiger partial charge in [0.15, 0.2) is 0 Å². The fourth-order valence-electron chi connectivity index (χ4n) is 1.47. The number of halogens is 1. The van der Waals surface area contributed by atoms with E-state index >= 15 is 0 Å². The zero-order chi connectivity index (χ0) is 9.97. The largest absolute Gasteiger partial charge is 0.459 e. The summed E-state index contributed by atoms with van der Waals surface area (Å²) in [6.45, 7) is 0.0816. The SMILES string of the molecule is Cl.NC(CCO)c1cc2ccccc2o1. The van der Waals surface area contributed by atoms with Gasteiger partial charge in [-0.3, -0.25) is 0 Å². The standard InChI is InChI=1S/C11H13NO2.ClH/c12-9(5-6-13)11-7-8-3-1-2-4-10(8)14-11;/h1-4,7,9,13H,5-6,12H2;1H. The second kappa shape index (κ2) is 5.16. The van der Waals surface area contributed by atoms with Crippen LogP contribution in [0.2, 0.25) is 0 Å². The summed E-state index contributed by atoms with van der Waals surface area (Å²) in [5, 5.41) is 9.80. The molecule has 0 aliphatic rings. The Morgan fingerprint density at radius 3 is 2.73 bits per heavy atom. The molecule has 15 heavy (non-hydrogen) atoms. The van der Waals surface area contributed by atoms with Crippen molar-refractivity contribution in [2.75, 3.05) is 6.61 Å². The van der Waals surface area contributed by atoms with Crippen LogP contribution in [-0.4, -0.2) is 11.7 Å². The summed E-state index contributed by atoms with van der Waals surface area (Å²) >= 11 is 0. The van der Waals surface area contributed by atoms with Crippen LogP contribution in [0.15, 0.2) is 34.7 Å². The average molecular weight is 228 g/mol. The lowest BCUT2D eigenvalue weighted by Gasteiger charge is -2.04. The van der Waals surface area contributed by atoms with Crippen molar-refractivity contribution >= 4 is 23.4 Å². The Hall–Kier alpha value is -1.03. The molecule has 0 bridgehead atoms. The second-order valence-corrected chi connectivity index (χ2v) is 3.31. The highest BCUT2D eigenvalue weighted by Gasteiger charge is 2.10. The molecule has 0 saturated heterocycles. The summed E-state index contributed by atoms with van der Waals surface area (Å²) in [7, 11) is 0. The van der Waals surface area contributed by atoms with Gasteiger partial charge in [-0.2, -0.15) is 0 Å². The number of rotatable bonds is 3. The Morgan fingerprint density at radius 1 is 1.33 bits per heavy atom. The molecule has 0 radical (unpaired) electrons. The summed E-state index contributed by atoms with van der Waals surface area (Å²) in [4.78, 5) is 0. The molecule has 0 fully saturated rings. The van der Waals surface area contributed by atoms with E-state index in [2.05, 4.69) is 0 Å². The number of hydrogen-bond acceptors (Lipinski definition) is 3. The van der Waals surface area contributed by atoms with Crippen molar-refractivity contribution in [2.24, 2.45) is 5.73 Å². The predicted octanol–water partition coefficient (Wildman–Crippen LogP) is 2.24. The zero-order valence-corrected chi connectivity index (χ0v) is 9.04. The molecule has 2 aromatic rings. The maximum Gasteiger partial charge on any atom is 0.134 e. The van der Waals surface area contributed by atoms with E-state index in [4.69, 9.17) is 15.3 Å². The molecular formula is C11H14ClNO2. The first-order valence-corrected chi connectivity index (χ1v) is 4.66. The Kier molecular flexibility index (Phi) is 4.15. The second-order valence-electron chi connectivity index (χ2n) is 3.31. The first-order valence-electron chi connectivity index (χ1n) is 4.66. The third-order valence-electron chi connectivity index (χ3n) is 2.25. The van der Waals surface area contributed by atoms with E-state index in [1.807, 2.05) is 30.3 Å². The number of hydrogen-bond donors (Lipinski definition) is 2. The number of benzene rings is 1. The molecule has 3 nitrogen and oxygen atoms in total. The summed E-state index contributed by atoms with van der Waals surface area (Å²) in [5.74, 6) is 0.736. The minimum atomic E-state index is -0.215. The van der Waals surface area contributed by atoms with Crippen molar-refractivity contribution in [1.29, 1.82) is 0 Å². The number of aliphatic hydroxyl groups excluding tert-OH is 1. The van der Waals surface area contributed by atoms with Crippen molar-refractivity contribution in [3.8, 4) is 0 Å². The molecule has 2 rings (SSSR count). The first-order chi connectivity index (χ1) is 6.81. The number of nitrogens with two attached hydrogens (primary N) is 1. The third kappa shape index (κ3) is 2.50. The summed E-state index contributed by atoms with van der Waals surface area (Å²) < 4.78 is 5.55. The van der Waals surface area contributed by atoms with Gasteiger partial charge in [0, 0.05) is 12.0 Å². The minimum absolute atomic E-state index is 0. The van der Waals surface area contributed by atoms with Gasteiger partial charge in [-0.05, 0) is 18.6 Å². The maximum absolute atomic E-state index is 8.75. The first kappa shape index (κ1) is 12.0. The van der Waals surface area contributed by atoms with Crippen molar-refractivity contribution in [1.82, 2.24) is 0 Å². The van der Waals surface area contributed by atoms with Gasteiger partial charge in [-0.1, -0.05) is 18.2 Å². The highest BCUT2D eigenvalue weighted by molar-refractivity contribution is 5.85. The summed E-state index contributed by atoms with van der Waals surface area (Å²) in [5.41, 5.74) is 6.66. The highest BCUT2D eigenvalue weighted by atomic mass is 35.5. The molecular weight excluding hydrogens is 214 g/mol. The molecule has 3 N–H and O–H groups in total. The average Bonchev–Trinajstić information content (AvgIpc) is 2.61. The van der Waals surface area contributed by atoms with Crippen molar-refractivity contribution < 1.29 is 9.52 Å². The number of para-hydroxylation sites is 1. The third-order valence-corrected chi connectivity index (χ3v) is 2.25. The van der Waals surface area contributed by atoms with Crippen LogP contribution >= 0.6 is 12.4 Å². The van der Waals surface area contributed by atoms with E-state index in [1.54, 1.807) is 0 Å². The van der Waals surface area contributed by atoms with E-state index in [9.17, 15) is 0 Å². The van der Waals surface area contributed by atoms with Crippen LogP contribution in [0.5, 0.6) is 0 Å². The van der Waals surface area contributed by atoms with E-state index in [0.29, 0.717) is 6.42 Å². The molecule has 1 heterocycles. The van der Waals surface area contributed by atoms with Crippen molar-refractivity contribution in [2.45, 2.75) is 12.5 Å². The lowest BCUT2D eigenvalue weighted by molar-refractivity contribution is 0.270. The topological polar surface area (TPSA) is 59.4 Å². The summed E-state index contributed by atoms with van der Waals surface area (Å²) in [6, 6.07) is 9.48. The number of furan rings is 1. The van der Waals surface area contributed by atoms with Gasteiger partial charge in [-0.15, -0.1) is 12.4 Å². The minimum Gasteiger partial charge on any atom is -0.459 e. The molecule has 0 spiro atoms. The lowest BCUT2D eigenvalue weighted by atomic mass is 10.1. The van der Waals surface area contributed by atoms with Crippen LogP contribution < -0.4 is 5.73 Å². The fraction of sp³-hybridized carbons (Fsp3) is 0.273. The smallest absolute Gasteiger partial charge is 0.134 e. The van der Waals surface area contributed by atoms with Gasteiger partial charge in [0.1, 0.15) is 11.3 Å². The Balaban J connectivity index is 0.00000112. The van der Waals surface area contributed by atoms with Gasteiger partial charge < -0.3 is 15.3 Å². The van der Waals surface area contributed by atoms with Gasteiger partial charge in [0.2, 0.25) is 0 Å². The van der Waals surface area contributed by atoms with E-state index in [-0.39, 0.29) is 25.1 Å². The lowest BCUT2D eigenvalue weighted by Crippen LogP contribution is -2.10. The molecule has 0 aliphatic heterocycles. The highest BCUT2D eigenvalue weighted by Crippen LogP contribution is 2.23. The molecule has 0 aliphatic carbocycles. The van der Waals surface area contributed by atoms with Gasteiger partial charge in [-0.25, -0.2) is 0 Å². The number of aliphatic hydroxyl groups is 1. The molecule has 1 atom stereocenters. The zero-order valence-electron chi connectivity index (χ0n) is 8.22. The van der Waals surface area contributed by atoms with Crippen LogP contribution in [-0.2, 0) is 0 Å². The van der Waals surface area contributed by atoms with Crippen molar-refractivity contribution in [3.05, 3.63) is 36.1 Å². The maximum atomic E-state index is 8.75. The Labute approximate surface area is 94.3 Å². The van der Waals surface area contributed by atoms with Gasteiger partial charge >= 0.3 is 0 Å². The number of fused-ring (bicyclic) bond motifs is 1. The van der Waals surface area contributed by atoms with E-state index in [1.165, 1.54) is 0 Å². The van der Waals surface area contributed by atoms with E-state index in [0.717, 1.165) is 16.7 Å². The van der Waals surface area contributed by atoms with Crippen LogP contribution in [0.1, 0.15) is 18.2 Å². The van der Waals surface area contributed by atoms with Crippen LogP contribution in [0.4, 0.5) is 0 Å². The van der Waals surface area contributed by atoms with Gasteiger partial charge in [0.05, 0.1) is 6.04 Å². The molecule has 0 saturated carbocycles. The quantitative estimate of drug-likeness (QED) is 0.846. The molecule has 1 aromatic heterocycles. The van der Waals surface area contributed by atoms with Crippen LogP contribution in [0, 0.1) is 0 Å². The molecule has 0 amide bonds. The molecule has 82 valence electrons. The van der Waals surface area contributed by atoms with Crippen LogP contribution in [0.3, 0.4) is 0 Å². The molecule has 1 aromatic carbocycles. The predicted molar refractivity (Wildman–Crippen MR) is 62.1 cm³/mol. The van der Waals surface area contributed by atoms with Crippen molar-refractivity contribution in [3.63, 3.8) is 0 Å². The Morgan fingerprint density at radius 2 is 2.07 bits per heavy atom. The van der Waals surface area contributed by atoms with Crippen LogP contribution in [0.25, 0.3) is 11.0 Å². The van der Waals surface area contributed by atoms with E-state index < -0.39 is 0 Å². The fourth-order valence-corrected chi connectivity index (χ4v) is 1.47. The summed E-state index contributed by atoms with van der Waals surface area (Å²) in [6.07, 6.45) is 0.528. The monoisotopic (exact) mass is 227 g/mol.